The lowest BCUT2D eigenvalue weighted by atomic mass is 10.0. The second-order valence-electron chi connectivity index (χ2n) is 23.5. The monoisotopic (exact) mass is 1520 g/mol. The van der Waals surface area contributed by atoms with Crippen LogP contribution in [0.4, 0.5) is 38.5 Å². The van der Waals surface area contributed by atoms with Crippen molar-refractivity contribution in [1.29, 1.82) is 0 Å². The number of hydrogen-bond acceptors (Lipinski definition) is 24. The van der Waals surface area contributed by atoms with Gasteiger partial charge in [0.05, 0.1) is 151 Å². The van der Waals surface area contributed by atoms with Crippen molar-refractivity contribution in [2.75, 3.05) is 157 Å². The number of benzene rings is 3. The van der Waals surface area contributed by atoms with Crippen molar-refractivity contribution in [2.45, 2.75) is 96.4 Å². The van der Waals surface area contributed by atoms with Crippen LogP contribution in [0.5, 0.6) is 0 Å². The van der Waals surface area contributed by atoms with E-state index in [1.54, 1.807) is 56.6 Å². The van der Waals surface area contributed by atoms with Crippen LogP contribution in [0.1, 0.15) is 82.3 Å². The fraction of sp³-hybridized carbons (Fsp3) is 0.551. The minimum absolute atomic E-state index is 0.0200. The molecule has 1 aliphatic rings. The van der Waals surface area contributed by atoms with Crippen molar-refractivity contribution in [3.05, 3.63) is 106 Å². The molecule has 0 unspecified atom stereocenters. The van der Waals surface area contributed by atoms with Gasteiger partial charge in [0.25, 0.3) is 5.91 Å². The second-order valence-corrected chi connectivity index (χ2v) is 24.9. The highest BCUT2D eigenvalue weighted by Crippen LogP contribution is 2.32. The minimum atomic E-state index is -5.54. The van der Waals surface area contributed by atoms with Gasteiger partial charge in [-0.25, -0.2) is 47.2 Å². The van der Waals surface area contributed by atoms with Gasteiger partial charge in [-0.1, -0.05) is 45.0 Å². The number of amides is 7. The maximum Gasteiger partial charge on any atom is 0.407 e. The number of hydrogen-bond donors (Lipinski definition) is 8. The molecule has 2 atom stereocenters. The van der Waals surface area contributed by atoms with Crippen LogP contribution in [-0.4, -0.2) is 234 Å². The van der Waals surface area contributed by atoms with E-state index < -0.39 is 92.2 Å². The van der Waals surface area contributed by atoms with Gasteiger partial charge in [0.1, 0.15) is 30.4 Å². The summed E-state index contributed by atoms with van der Waals surface area (Å²) in [6.07, 6.45) is 4.86. The molecule has 0 spiro atoms. The van der Waals surface area contributed by atoms with Crippen LogP contribution in [-0.2, 0) is 106 Å². The highest BCUT2D eigenvalue weighted by atomic mass is 32.2. The van der Waals surface area contributed by atoms with Gasteiger partial charge in [-0.15, -0.1) is 0 Å². The average Bonchev–Trinajstić information content (AvgIpc) is 0.840. The van der Waals surface area contributed by atoms with Crippen molar-refractivity contribution < 1.29 is 116 Å². The Morgan fingerprint density at radius 1 is 0.651 bits per heavy atom. The number of aliphatic imine (C=N–C) groups is 1. The molecule has 32 nitrogen and oxygen atoms in total. The molecular formula is C69H97F4N11O21S. The number of ether oxygens (including phenoxy) is 11. The van der Waals surface area contributed by atoms with E-state index in [2.05, 4.69) is 41.5 Å². The number of aromatic nitrogens is 2. The number of nitrogens with zero attached hydrogens (tertiary/aromatic N) is 4. The molecule has 588 valence electrons. The Hall–Kier alpha value is -8.44. The molecule has 4 aromatic rings. The number of alkyl carbamates (subject to hydrolysis) is 1. The fourth-order valence-corrected chi connectivity index (χ4v) is 10.3. The molecule has 0 radical (unpaired) electrons. The van der Waals surface area contributed by atoms with Gasteiger partial charge in [-0.05, 0) is 67.5 Å². The first-order chi connectivity index (χ1) is 51.0. The first kappa shape index (κ1) is 88.2. The third kappa shape index (κ3) is 33.1. The van der Waals surface area contributed by atoms with E-state index in [0.717, 1.165) is 12.0 Å². The van der Waals surface area contributed by atoms with E-state index in [-0.39, 0.29) is 116 Å². The van der Waals surface area contributed by atoms with Gasteiger partial charge in [-0.3, -0.25) is 28.6 Å². The smallest absolute Gasteiger partial charge is 0.407 e. The number of hydroxylamine groups is 2. The molecule has 3 aromatic carbocycles. The molecule has 10 N–H and O–H groups in total. The normalized spacial score (nSPS) is 12.7. The van der Waals surface area contributed by atoms with Crippen molar-refractivity contribution in [3.63, 3.8) is 0 Å². The summed E-state index contributed by atoms with van der Waals surface area (Å²) in [5.41, 5.74) is 14.6. The third-order valence-corrected chi connectivity index (χ3v) is 15.9. The molecule has 106 heavy (non-hydrogen) atoms. The molecule has 0 bridgehead atoms. The van der Waals surface area contributed by atoms with E-state index in [4.69, 9.17) is 73.0 Å². The number of fused-ring (bicyclic) bond motifs is 1. The highest BCUT2D eigenvalue weighted by Gasteiger charge is 2.33. The maximum atomic E-state index is 14.1. The standard InChI is InChI=1S/C69H97F4N11O21S/c1-5-18-84(105-6-2)67(88)50-39-49-12-11-48(40-55(49)81-56(74)41-50)51-42-77-57(78-43-51)44-79-69(90)104-45-47-9-13-52(14-10-47)80-65(86)54(8-7-17-76-68(75)89)82-66(87)63(46(3)4)83-58(85)16-20-95-22-24-97-26-28-99-30-32-101-34-36-103-38-37-102-35-33-100-31-29-98-27-25-96-23-21-94-19-15-53-59(70)61(72)64(106(91,92)93)62(73)60(53)71/h9-14,39-40,42-43,46,54,63H,5-8,15-38,41,44-45H2,1-4H3,(H2,74,81)(H,79,90)(H,80,86)(H,82,87)(H,83,85)(H3,75,76,89)(H,91,92,93)/t54-,63-/m0/s1. The number of nitrogens with two attached hydrogens (primary N) is 2. The first-order valence-corrected chi connectivity index (χ1v) is 35.9. The van der Waals surface area contributed by atoms with Crippen molar-refractivity contribution in [1.82, 2.24) is 36.3 Å². The summed E-state index contributed by atoms with van der Waals surface area (Å²) in [4.78, 5) is 94.6. The van der Waals surface area contributed by atoms with E-state index in [9.17, 15) is 54.7 Å². The zero-order valence-electron chi connectivity index (χ0n) is 59.9. The molecule has 37 heteroatoms. The number of urea groups is 1. The lowest BCUT2D eigenvalue weighted by Crippen LogP contribution is -2.54. The zero-order valence-corrected chi connectivity index (χ0v) is 60.7. The molecule has 7 amide bonds. The molecular weight excluding hydrogens is 1430 g/mol. The number of anilines is 1. The van der Waals surface area contributed by atoms with Gasteiger partial charge in [0, 0.05) is 72.7 Å². The molecule has 2 heterocycles. The fourth-order valence-electron chi connectivity index (χ4n) is 9.66. The molecule has 0 saturated carbocycles. The lowest BCUT2D eigenvalue weighted by Gasteiger charge is -2.25. The SMILES string of the molecule is CCCN(OCC)C(=O)C1=Cc2ccc(-c3cnc(CNC(=O)OCc4ccc(NC(=O)[C@H](CCCNC(N)=O)NC(=O)[C@@H](NC(=O)CCOCCOCCOCCOCCOCCOCCOCCOCCOCCOCCc5c(F)c(F)c(S(=O)(=O)O)c(F)c5F)C(C)C)cc4)nc3)cc2N=C(N)C1. The van der Waals surface area contributed by atoms with Gasteiger partial charge in [-0.2, -0.15) is 8.42 Å². The lowest BCUT2D eigenvalue weighted by molar-refractivity contribution is -0.180. The molecule has 0 aliphatic carbocycles. The Balaban J connectivity index is 0.847. The number of carbonyl (C=O) groups is 6. The van der Waals surface area contributed by atoms with Crippen LogP contribution in [0.2, 0.25) is 0 Å². The third-order valence-electron chi connectivity index (χ3n) is 15.0. The van der Waals surface area contributed by atoms with Crippen molar-refractivity contribution in [2.24, 2.45) is 22.4 Å². The summed E-state index contributed by atoms with van der Waals surface area (Å²) in [7, 11) is -5.54. The van der Waals surface area contributed by atoms with Crippen LogP contribution >= 0.6 is 0 Å². The highest BCUT2D eigenvalue weighted by molar-refractivity contribution is 7.85. The largest absolute Gasteiger partial charge is 0.445 e. The van der Waals surface area contributed by atoms with E-state index >= 15 is 0 Å². The number of carbonyl (C=O) groups excluding carboxylic acids is 6. The number of nitrogens with one attached hydrogen (secondary N) is 5. The van der Waals surface area contributed by atoms with Crippen LogP contribution < -0.4 is 38.1 Å². The predicted molar refractivity (Wildman–Crippen MR) is 375 cm³/mol. The Labute approximate surface area is 612 Å². The van der Waals surface area contributed by atoms with Crippen LogP contribution in [0.25, 0.3) is 17.2 Å². The van der Waals surface area contributed by atoms with E-state index in [1.807, 2.05) is 32.0 Å². The van der Waals surface area contributed by atoms with E-state index in [0.29, 0.717) is 132 Å². The Morgan fingerprint density at radius 2 is 1.17 bits per heavy atom. The van der Waals surface area contributed by atoms with Gasteiger partial charge in [0.15, 0.2) is 28.2 Å². The van der Waals surface area contributed by atoms with Crippen LogP contribution in [0, 0.1) is 29.2 Å². The summed E-state index contributed by atoms with van der Waals surface area (Å²) in [5.74, 6) is -10.0. The first-order valence-electron chi connectivity index (χ1n) is 34.5. The number of primary amides is 1. The summed E-state index contributed by atoms with van der Waals surface area (Å²) in [5, 5.41) is 14.7. The van der Waals surface area contributed by atoms with Crippen molar-refractivity contribution >= 4 is 69.2 Å². The molecule has 5 rings (SSSR count). The summed E-state index contributed by atoms with van der Waals surface area (Å²) in [6.45, 7) is 12.7. The second kappa shape index (κ2) is 49.4. The van der Waals surface area contributed by atoms with Crippen molar-refractivity contribution in [3.8, 4) is 11.1 Å². The number of amidine groups is 1. The topological polar surface area (TPSA) is 421 Å². The number of halogens is 4. The van der Waals surface area contributed by atoms with Gasteiger partial charge in [0.2, 0.25) is 17.7 Å². The molecule has 1 aliphatic heterocycles. The summed E-state index contributed by atoms with van der Waals surface area (Å²) < 4.78 is 147. The van der Waals surface area contributed by atoms with Gasteiger partial charge >= 0.3 is 22.2 Å². The predicted octanol–water partition coefficient (Wildman–Crippen LogP) is 5.15. The Bertz CT molecular complexity index is 3540. The van der Waals surface area contributed by atoms with E-state index in [1.165, 1.54) is 5.06 Å². The summed E-state index contributed by atoms with van der Waals surface area (Å²) >= 11 is 0. The molecule has 0 saturated heterocycles. The molecule has 0 fully saturated rings. The Kier molecular flexibility index (Phi) is 41.1. The van der Waals surface area contributed by atoms with Gasteiger partial charge < -0.3 is 90.2 Å². The Morgan fingerprint density at radius 3 is 1.66 bits per heavy atom. The minimum Gasteiger partial charge on any atom is -0.445 e. The van der Waals surface area contributed by atoms with Crippen LogP contribution in [0.15, 0.2) is 70.3 Å². The quantitative estimate of drug-likeness (QED) is 0.00931. The van der Waals surface area contributed by atoms with Crippen LogP contribution in [0.3, 0.4) is 0 Å². The number of rotatable bonds is 54. The average molecular weight is 1520 g/mol. The summed E-state index contributed by atoms with van der Waals surface area (Å²) in [6, 6.07) is 9.19. The maximum absolute atomic E-state index is 14.1. The molecule has 1 aromatic heterocycles. The zero-order chi connectivity index (χ0) is 77.1.